The summed E-state index contributed by atoms with van der Waals surface area (Å²) in [5.41, 5.74) is 0. The van der Waals surface area contributed by atoms with Gasteiger partial charge in [-0.15, -0.1) is 0 Å². The Kier molecular flexibility index (Phi) is 3.23. The Morgan fingerprint density at radius 1 is 0.938 bits per heavy atom. The first-order chi connectivity index (χ1) is 6.86. The summed E-state index contributed by atoms with van der Waals surface area (Å²) in [6.07, 6.45) is -13.6. The van der Waals surface area contributed by atoms with Gasteiger partial charge >= 0.3 is 12.4 Å². The largest absolute Gasteiger partial charge is 0.415 e. The van der Waals surface area contributed by atoms with Crippen molar-refractivity contribution in [1.82, 2.24) is 0 Å². The summed E-state index contributed by atoms with van der Waals surface area (Å²) in [7, 11) is 0.0304. The predicted molar refractivity (Wildman–Crippen MR) is 50.1 cm³/mol. The van der Waals surface area contributed by atoms with Crippen molar-refractivity contribution < 1.29 is 31.4 Å². The second kappa shape index (κ2) is 3.61. The van der Waals surface area contributed by atoms with Crippen LogP contribution in [0.4, 0.5) is 26.3 Å². The van der Waals surface area contributed by atoms with Crippen LogP contribution in [0.3, 0.4) is 0 Å². The first-order valence-corrected chi connectivity index (χ1v) is 6.19. The highest BCUT2D eigenvalue weighted by atomic mass is 33.1. The van der Waals surface area contributed by atoms with Gasteiger partial charge in [0.1, 0.15) is 6.10 Å². The van der Waals surface area contributed by atoms with Gasteiger partial charge in [0.15, 0.2) is 0 Å². The first kappa shape index (κ1) is 14.3. The zero-order valence-corrected chi connectivity index (χ0v) is 9.74. The normalized spacial score (nSPS) is 29.4. The van der Waals surface area contributed by atoms with Crippen LogP contribution in [0.25, 0.3) is 0 Å². The Balaban J connectivity index is 3.31. The molecule has 16 heavy (non-hydrogen) atoms. The van der Waals surface area contributed by atoms with Gasteiger partial charge in [-0.1, -0.05) is 21.6 Å². The molecule has 1 rings (SSSR count). The van der Waals surface area contributed by atoms with Crippen molar-refractivity contribution in [3.05, 3.63) is 0 Å². The maximum Gasteiger partial charge on any atom is 0.415 e. The topological polar surface area (TPSA) is 20.2 Å². The van der Waals surface area contributed by atoms with Crippen LogP contribution in [0.2, 0.25) is 0 Å². The molecule has 1 saturated heterocycles. The molecule has 0 aliphatic carbocycles. The van der Waals surface area contributed by atoms with Gasteiger partial charge in [-0.25, -0.2) is 0 Å². The van der Waals surface area contributed by atoms with Gasteiger partial charge in [0.2, 0.25) is 4.75 Å². The molecule has 1 atom stereocenters. The summed E-state index contributed by atoms with van der Waals surface area (Å²) in [5, 5.41) is 9.36. The highest BCUT2D eigenvalue weighted by Gasteiger charge is 2.80. The second-order valence-electron chi connectivity index (χ2n) is 3.90. The summed E-state index contributed by atoms with van der Waals surface area (Å²) in [6, 6.07) is 0. The molecule has 0 aromatic heterocycles. The van der Waals surface area contributed by atoms with Crippen molar-refractivity contribution in [2.45, 2.75) is 41.8 Å². The number of alkyl halides is 6. The molecule has 1 aliphatic heterocycles. The van der Waals surface area contributed by atoms with Gasteiger partial charge in [0.05, 0.1) is 0 Å². The monoisotopic (exact) mass is 286 g/mol. The van der Waals surface area contributed by atoms with E-state index in [1.807, 2.05) is 0 Å². The molecule has 1 unspecified atom stereocenters. The molecule has 1 aliphatic rings. The van der Waals surface area contributed by atoms with E-state index in [9.17, 15) is 31.4 Å². The lowest BCUT2D eigenvalue weighted by molar-refractivity contribution is -0.286. The summed E-state index contributed by atoms with van der Waals surface area (Å²) < 4.78 is 69.9. The Morgan fingerprint density at radius 3 is 1.44 bits per heavy atom. The molecule has 0 bridgehead atoms. The second-order valence-corrected chi connectivity index (χ2v) is 6.93. The zero-order chi connectivity index (χ0) is 13.0. The van der Waals surface area contributed by atoms with E-state index in [4.69, 9.17) is 0 Å². The van der Waals surface area contributed by atoms with Crippen molar-refractivity contribution in [1.29, 1.82) is 0 Å². The highest BCUT2D eigenvalue weighted by molar-refractivity contribution is 8.78. The van der Waals surface area contributed by atoms with Gasteiger partial charge in [-0.2, -0.15) is 26.3 Å². The number of aliphatic hydroxyl groups excluding tert-OH is 1. The lowest BCUT2D eigenvalue weighted by atomic mass is 9.90. The van der Waals surface area contributed by atoms with E-state index in [1.165, 1.54) is 0 Å². The van der Waals surface area contributed by atoms with Crippen LogP contribution in [0.15, 0.2) is 0 Å². The third-order valence-corrected chi connectivity index (χ3v) is 6.29. The SMILES string of the molecule is CC1(C)SSC(C(F)(F)F)(C(F)(F)F)C1O. The average molecular weight is 286 g/mol. The van der Waals surface area contributed by atoms with Crippen molar-refractivity contribution in [3.8, 4) is 0 Å². The zero-order valence-electron chi connectivity index (χ0n) is 8.11. The third kappa shape index (κ3) is 1.80. The number of rotatable bonds is 0. The van der Waals surface area contributed by atoms with E-state index < -0.39 is 28.0 Å². The molecule has 0 aromatic carbocycles. The molecule has 0 spiro atoms. The minimum atomic E-state index is -5.55. The number of hydrogen-bond acceptors (Lipinski definition) is 3. The molecule has 0 aromatic rings. The lowest BCUT2D eigenvalue weighted by Gasteiger charge is -2.36. The van der Waals surface area contributed by atoms with Gasteiger partial charge in [-0.3, -0.25) is 0 Å². The Hall–Kier alpha value is 0.240. The van der Waals surface area contributed by atoms with Gasteiger partial charge in [0, 0.05) is 4.75 Å². The van der Waals surface area contributed by atoms with Crippen molar-refractivity contribution in [2.24, 2.45) is 0 Å². The molecule has 96 valence electrons. The van der Waals surface area contributed by atoms with Gasteiger partial charge in [0.25, 0.3) is 0 Å². The van der Waals surface area contributed by atoms with E-state index in [-0.39, 0.29) is 10.8 Å². The number of halogens is 6. The minimum Gasteiger partial charge on any atom is -0.389 e. The summed E-state index contributed by atoms with van der Waals surface area (Å²) >= 11 is 0. The van der Waals surface area contributed by atoms with Crippen LogP contribution in [-0.2, 0) is 0 Å². The fourth-order valence-corrected chi connectivity index (χ4v) is 4.74. The smallest absolute Gasteiger partial charge is 0.389 e. The van der Waals surface area contributed by atoms with Crippen LogP contribution in [0, 0.1) is 0 Å². The minimum absolute atomic E-state index is 0.365. The summed E-state index contributed by atoms with van der Waals surface area (Å²) in [5.74, 6) is 0. The number of hydrogen-bond donors (Lipinski definition) is 1. The Labute approximate surface area is 95.4 Å². The molecule has 1 nitrogen and oxygen atoms in total. The molecular formula is C7H8F6OS2. The molecule has 0 amide bonds. The van der Waals surface area contributed by atoms with E-state index in [1.54, 1.807) is 0 Å². The molecule has 0 radical (unpaired) electrons. The van der Waals surface area contributed by atoms with E-state index in [2.05, 4.69) is 0 Å². The molecule has 0 saturated carbocycles. The van der Waals surface area contributed by atoms with Gasteiger partial charge in [-0.05, 0) is 13.8 Å². The Bertz CT molecular complexity index is 270. The lowest BCUT2D eigenvalue weighted by Crippen LogP contribution is -2.62. The van der Waals surface area contributed by atoms with Crippen LogP contribution in [-0.4, -0.2) is 33.1 Å². The van der Waals surface area contributed by atoms with Crippen LogP contribution in [0.5, 0.6) is 0 Å². The maximum atomic E-state index is 12.6. The van der Waals surface area contributed by atoms with Crippen molar-refractivity contribution in [2.75, 3.05) is 0 Å². The van der Waals surface area contributed by atoms with Crippen LogP contribution in [0.1, 0.15) is 13.8 Å². The highest BCUT2D eigenvalue weighted by Crippen LogP contribution is 2.67. The predicted octanol–water partition coefficient (Wildman–Crippen LogP) is 3.38. The van der Waals surface area contributed by atoms with E-state index in [0.717, 1.165) is 13.8 Å². The fraction of sp³-hybridized carbons (Fsp3) is 1.00. The molecule has 1 heterocycles. The maximum absolute atomic E-state index is 12.6. The summed E-state index contributed by atoms with van der Waals surface area (Å²) in [6.45, 7) is 2.29. The van der Waals surface area contributed by atoms with Crippen molar-refractivity contribution >= 4 is 21.6 Å². The van der Waals surface area contributed by atoms with E-state index in [0.29, 0.717) is 10.8 Å². The number of aliphatic hydroxyl groups is 1. The Morgan fingerprint density at radius 2 is 1.31 bits per heavy atom. The molecule has 1 N–H and O–H groups in total. The third-order valence-electron chi connectivity index (χ3n) is 2.27. The first-order valence-electron chi connectivity index (χ1n) is 4.04. The molecule has 1 fully saturated rings. The van der Waals surface area contributed by atoms with Crippen LogP contribution < -0.4 is 0 Å². The molecular weight excluding hydrogens is 278 g/mol. The summed E-state index contributed by atoms with van der Waals surface area (Å²) in [4.78, 5) is 0. The fourth-order valence-electron chi connectivity index (χ4n) is 1.32. The van der Waals surface area contributed by atoms with E-state index >= 15 is 0 Å². The van der Waals surface area contributed by atoms with Crippen LogP contribution >= 0.6 is 21.6 Å². The van der Waals surface area contributed by atoms with Crippen molar-refractivity contribution in [3.63, 3.8) is 0 Å². The average Bonchev–Trinajstić information content (AvgIpc) is 2.21. The standard InChI is InChI=1S/C7H8F6OS2/c1-4(2)3(14)5(16-15-4,6(8,9)10)7(11,12)13/h3,14H,1-2H3. The molecule has 9 heteroatoms. The quantitative estimate of drug-likeness (QED) is 0.544. The van der Waals surface area contributed by atoms with Gasteiger partial charge < -0.3 is 5.11 Å².